The first kappa shape index (κ1) is 19.6. The maximum absolute atomic E-state index is 12.2. The highest BCUT2D eigenvalue weighted by atomic mass is 19.4. The molecule has 140 valence electrons. The van der Waals surface area contributed by atoms with Gasteiger partial charge in [-0.15, -0.1) is 0 Å². The number of alkyl halides is 3. The van der Waals surface area contributed by atoms with Crippen molar-refractivity contribution in [2.45, 2.75) is 45.8 Å². The summed E-state index contributed by atoms with van der Waals surface area (Å²) in [6, 6.07) is 3.31. The lowest BCUT2D eigenvalue weighted by Crippen LogP contribution is -2.13. The topological polar surface area (TPSA) is 79.8 Å². The second kappa shape index (κ2) is 8.59. The highest BCUT2D eigenvalue weighted by Crippen LogP contribution is 2.21. The lowest BCUT2D eigenvalue weighted by atomic mass is 10.2. The van der Waals surface area contributed by atoms with Crippen LogP contribution >= 0.6 is 0 Å². The van der Waals surface area contributed by atoms with Gasteiger partial charge in [0.2, 0.25) is 5.91 Å². The number of hydrogen-bond acceptors (Lipinski definition) is 5. The fourth-order valence-electron chi connectivity index (χ4n) is 2.11. The van der Waals surface area contributed by atoms with Crippen LogP contribution in [0.5, 0.6) is 0 Å². The van der Waals surface area contributed by atoms with Gasteiger partial charge in [0.05, 0.1) is 11.9 Å². The number of carbonyl (C=O) groups excluding carboxylic acids is 1. The van der Waals surface area contributed by atoms with E-state index in [-0.39, 0.29) is 12.3 Å². The van der Waals surface area contributed by atoms with Crippen LogP contribution in [0.3, 0.4) is 0 Å². The third kappa shape index (κ3) is 6.30. The molecule has 2 rings (SSSR count). The summed E-state index contributed by atoms with van der Waals surface area (Å²) in [6.45, 7) is 3.91. The van der Waals surface area contributed by atoms with Crippen molar-refractivity contribution in [1.82, 2.24) is 15.0 Å². The van der Waals surface area contributed by atoms with E-state index in [1.165, 1.54) is 12.4 Å². The molecule has 6 nitrogen and oxygen atoms in total. The van der Waals surface area contributed by atoms with E-state index in [9.17, 15) is 18.0 Å². The minimum absolute atomic E-state index is 0.132. The minimum Gasteiger partial charge on any atom is -0.364 e. The molecular formula is C17H20F3N5O. The average Bonchev–Trinajstić information content (AvgIpc) is 2.59. The maximum atomic E-state index is 12.2. The van der Waals surface area contributed by atoms with Crippen molar-refractivity contribution in [3.63, 3.8) is 0 Å². The molecule has 0 saturated heterocycles. The Morgan fingerprint density at radius 2 is 1.96 bits per heavy atom. The van der Waals surface area contributed by atoms with Crippen LogP contribution in [-0.4, -0.2) is 27.0 Å². The summed E-state index contributed by atoms with van der Waals surface area (Å²) in [4.78, 5) is 23.9. The number of hydrogen-bond donors (Lipinski definition) is 2. The lowest BCUT2D eigenvalue weighted by molar-refractivity contribution is -0.134. The summed E-state index contributed by atoms with van der Waals surface area (Å²) in [6.07, 6.45) is -1.84. The Labute approximate surface area is 149 Å². The van der Waals surface area contributed by atoms with E-state index >= 15 is 0 Å². The Morgan fingerprint density at radius 1 is 1.19 bits per heavy atom. The molecule has 26 heavy (non-hydrogen) atoms. The van der Waals surface area contributed by atoms with Gasteiger partial charge < -0.3 is 10.6 Å². The third-order valence-electron chi connectivity index (χ3n) is 3.55. The van der Waals surface area contributed by atoms with Gasteiger partial charge in [-0.1, -0.05) is 13.0 Å². The summed E-state index contributed by atoms with van der Waals surface area (Å²) >= 11 is 0. The van der Waals surface area contributed by atoms with E-state index in [2.05, 4.69) is 25.6 Å². The molecule has 0 unspecified atom stereocenters. The smallest absolute Gasteiger partial charge is 0.364 e. The molecule has 0 saturated carbocycles. The quantitative estimate of drug-likeness (QED) is 0.781. The second-order valence-electron chi connectivity index (χ2n) is 5.72. The fraction of sp³-hybridized carbons (Fsp3) is 0.412. The van der Waals surface area contributed by atoms with Gasteiger partial charge in [-0.05, 0) is 25.0 Å². The van der Waals surface area contributed by atoms with Crippen LogP contribution < -0.4 is 10.6 Å². The molecule has 0 aliphatic carbocycles. The first-order valence-corrected chi connectivity index (χ1v) is 8.14. The molecule has 0 spiro atoms. The van der Waals surface area contributed by atoms with Gasteiger partial charge in [-0.3, -0.25) is 9.78 Å². The maximum Gasteiger partial charge on any atom is 0.389 e. The van der Waals surface area contributed by atoms with Crippen molar-refractivity contribution in [3.05, 3.63) is 41.5 Å². The molecule has 2 heterocycles. The number of amides is 1. The lowest BCUT2D eigenvalue weighted by Gasteiger charge is -2.10. The highest BCUT2D eigenvalue weighted by molar-refractivity contribution is 5.89. The first-order chi connectivity index (χ1) is 12.3. The molecule has 0 aromatic carbocycles. The SMILES string of the molecule is CCC(=O)Nc1cnc(NCc2ccc(CCC(F)(F)F)nc2)c(C)n1. The molecule has 0 aliphatic rings. The first-order valence-electron chi connectivity index (χ1n) is 8.14. The van der Waals surface area contributed by atoms with E-state index in [1.807, 2.05) is 0 Å². The molecule has 2 aromatic rings. The summed E-state index contributed by atoms with van der Waals surface area (Å²) in [5, 5.41) is 5.72. The van der Waals surface area contributed by atoms with E-state index in [4.69, 9.17) is 0 Å². The molecular weight excluding hydrogens is 347 g/mol. The number of nitrogens with one attached hydrogen (secondary N) is 2. The predicted octanol–water partition coefficient (Wildman–Crippen LogP) is 3.64. The number of anilines is 2. The number of rotatable bonds is 7. The number of carbonyl (C=O) groups is 1. The molecule has 0 radical (unpaired) electrons. The molecule has 0 atom stereocenters. The van der Waals surface area contributed by atoms with Gasteiger partial charge in [0.15, 0.2) is 5.82 Å². The van der Waals surface area contributed by atoms with E-state index in [0.29, 0.717) is 36.0 Å². The number of pyridine rings is 1. The predicted molar refractivity (Wildman–Crippen MR) is 91.6 cm³/mol. The average molecular weight is 367 g/mol. The zero-order chi connectivity index (χ0) is 19.2. The van der Waals surface area contributed by atoms with E-state index in [0.717, 1.165) is 5.56 Å². The zero-order valence-corrected chi connectivity index (χ0v) is 14.5. The Morgan fingerprint density at radius 3 is 2.54 bits per heavy atom. The Bertz CT molecular complexity index is 747. The molecule has 0 fully saturated rings. The largest absolute Gasteiger partial charge is 0.389 e. The molecule has 2 N–H and O–H groups in total. The molecule has 1 amide bonds. The fourth-order valence-corrected chi connectivity index (χ4v) is 2.11. The Balaban J connectivity index is 1.91. The number of aromatic nitrogens is 3. The molecule has 9 heteroatoms. The van der Waals surface area contributed by atoms with Crippen LogP contribution in [0.25, 0.3) is 0 Å². The monoisotopic (exact) mass is 367 g/mol. The van der Waals surface area contributed by atoms with Crippen LogP contribution in [0.1, 0.15) is 36.7 Å². The number of halogens is 3. The van der Waals surface area contributed by atoms with Crippen LogP contribution in [0, 0.1) is 6.92 Å². The number of nitrogens with zero attached hydrogens (tertiary/aromatic N) is 3. The van der Waals surface area contributed by atoms with Crippen molar-refractivity contribution in [3.8, 4) is 0 Å². The van der Waals surface area contributed by atoms with E-state index in [1.54, 1.807) is 26.0 Å². The van der Waals surface area contributed by atoms with Gasteiger partial charge >= 0.3 is 6.18 Å². The second-order valence-corrected chi connectivity index (χ2v) is 5.72. The molecule has 0 bridgehead atoms. The normalized spacial score (nSPS) is 11.3. The van der Waals surface area contributed by atoms with Crippen molar-refractivity contribution in [1.29, 1.82) is 0 Å². The Hall–Kier alpha value is -2.71. The third-order valence-corrected chi connectivity index (χ3v) is 3.55. The van der Waals surface area contributed by atoms with E-state index < -0.39 is 12.6 Å². The molecule has 0 aliphatic heterocycles. The van der Waals surface area contributed by atoms with Crippen LogP contribution in [0.15, 0.2) is 24.5 Å². The van der Waals surface area contributed by atoms with Gasteiger partial charge in [0, 0.05) is 31.3 Å². The summed E-state index contributed by atoms with van der Waals surface area (Å²) in [5.74, 6) is 0.798. The van der Waals surface area contributed by atoms with Gasteiger partial charge in [0.1, 0.15) is 5.82 Å². The number of aryl methyl sites for hydroxylation is 2. The van der Waals surface area contributed by atoms with Crippen LogP contribution in [0.2, 0.25) is 0 Å². The van der Waals surface area contributed by atoms with Crippen molar-refractivity contribution < 1.29 is 18.0 Å². The molecule has 2 aromatic heterocycles. The van der Waals surface area contributed by atoms with Gasteiger partial charge in [-0.2, -0.15) is 13.2 Å². The van der Waals surface area contributed by atoms with Crippen molar-refractivity contribution in [2.75, 3.05) is 10.6 Å². The highest BCUT2D eigenvalue weighted by Gasteiger charge is 2.26. The van der Waals surface area contributed by atoms with Crippen molar-refractivity contribution in [2.24, 2.45) is 0 Å². The van der Waals surface area contributed by atoms with Crippen LogP contribution in [-0.2, 0) is 17.8 Å². The van der Waals surface area contributed by atoms with Crippen molar-refractivity contribution >= 4 is 17.5 Å². The summed E-state index contributed by atoms with van der Waals surface area (Å²) in [5.41, 5.74) is 1.83. The van der Waals surface area contributed by atoms with Gasteiger partial charge in [-0.25, -0.2) is 9.97 Å². The van der Waals surface area contributed by atoms with Gasteiger partial charge in [0.25, 0.3) is 0 Å². The summed E-state index contributed by atoms with van der Waals surface area (Å²) in [7, 11) is 0. The van der Waals surface area contributed by atoms with Crippen LogP contribution in [0.4, 0.5) is 24.8 Å². The standard InChI is InChI=1S/C17H20F3N5O/c1-3-15(26)25-14-10-23-16(11(2)24-14)22-9-12-4-5-13(21-8-12)6-7-17(18,19)20/h4-5,8,10H,3,6-7,9H2,1-2H3,(H,22,23)(H,24,25,26). The zero-order valence-electron chi connectivity index (χ0n) is 14.5. The minimum atomic E-state index is -4.18. The Kier molecular flexibility index (Phi) is 6.48. The summed E-state index contributed by atoms with van der Waals surface area (Å²) < 4.78 is 36.6.